The molecule has 1 aromatic heterocycles. The minimum atomic E-state index is -0.194. The van der Waals surface area contributed by atoms with E-state index >= 15 is 0 Å². The molecule has 4 nitrogen and oxygen atoms in total. The summed E-state index contributed by atoms with van der Waals surface area (Å²) in [5.41, 5.74) is 5.34. The molecule has 0 saturated heterocycles. The third-order valence-corrected chi connectivity index (χ3v) is 4.71. The molecule has 0 saturated carbocycles. The molecular formula is C25H22N2O2. The second-order valence-corrected chi connectivity index (χ2v) is 6.85. The average Bonchev–Trinajstić information content (AvgIpc) is 2.74. The van der Waals surface area contributed by atoms with Gasteiger partial charge >= 0.3 is 0 Å². The first-order valence-corrected chi connectivity index (χ1v) is 9.65. The summed E-state index contributed by atoms with van der Waals surface area (Å²) < 4.78 is 5.55. The van der Waals surface area contributed by atoms with Crippen molar-refractivity contribution in [2.45, 2.75) is 13.8 Å². The lowest BCUT2D eigenvalue weighted by molar-refractivity contribution is 0.102. The van der Waals surface area contributed by atoms with Gasteiger partial charge in [0.15, 0.2) is 0 Å². The van der Waals surface area contributed by atoms with Gasteiger partial charge in [0.25, 0.3) is 5.91 Å². The van der Waals surface area contributed by atoms with Crippen LogP contribution in [0.4, 0.5) is 5.69 Å². The van der Waals surface area contributed by atoms with E-state index in [1.165, 1.54) is 5.56 Å². The molecule has 0 atom stereocenters. The van der Waals surface area contributed by atoms with E-state index in [0.29, 0.717) is 17.9 Å². The maximum absolute atomic E-state index is 12.6. The molecule has 4 rings (SSSR count). The SMILES string of the molecule is CCOc1ccccc1C(=O)Nc1ccc(-c2ccc3cc(C)ccc3n2)cc1. The first-order valence-electron chi connectivity index (χ1n) is 9.65. The van der Waals surface area contributed by atoms with Crippen molar-refractivity contribution < 1.29 is 9.53 Å². The molecule has 144 valence electrons. The summed E-state index contributed by atoms with van der Waals surface area (Å²) >= 11 is 0. The van der Waals surface area contributed by atoms with E-state index in [9.17, 15) is 4.79 Å². The van der Waals surface area contributed by atoms with Crippen LogP contribution in [0.1, 0.15) is 22.8 Å². The largest absolute Gasteiger partial charge is 0.493 e. The number of anilines is 1. The second kappa shape index (κ2) is 8.15. The summed E-state index contributed by atoms with van der Waals surface area (Å²) in [7, 11) is 0. The lowest BCUT2D eigenvalue weighted by atomic mass is 10.1. The minimum Gasteiger partial charge on any atom is -0.493 e. The average molecular weight is 382 g/mol. The third-order valence-electron chi connectivity index (χ3n) is 4.71. The molecule has 1 N–H and O–H groups in total. The van der Waals surface area contributed by atoms with Gasteiger partial charge in [-0.1, -0.05) is 42.0 Å². The van der Waals surface area contributed by atoms with E-state index in [2.05, 4.69) is 30.4 Å². The van der Waals surface area contributed by atoms with Crippen LogP contribution < -0.4 is 10.1 Å². The van der Waals surface area contributed by atoms with Crippen molar-refractivity contribution in [3.63, 3.8) is 0 Å². The normalized spacial score (nSPS) is 10.7. The number of hydrogen-bond donors (Lipinski definition) is 1. The van der Waals surface area contributed by atoms with E-state index in [0.717, 1.165) is 27.8 Å². The number of fused-ring (bicyclic) bond motifs is 1. The molecule has 0 aliphatic rings. The molecule has 1 amide bonds. The Hall–Kier alpha value is -3.66. The molecule has 0 fully saturated rings. The highest BCUT2D eigenvalue weighted by molar-refractivity contribution is 6.06. The number of ether oxygens (including phenoxy) is 1. The number of amides is 1. The molecule has 0 bridgehead atoms. The predicted molar refractivity (Wildman–Crippen MR) is 117 cm³/mol. The maximum Gasteiger partial charge on any atom is 0.259 e. The van der Waals surface area contributed by atoms with Crippen molar-refractivity contribution in [1.29, 1.82) is 0 Å². The van der Waals surface area contributed by atoms with Crippen LogP contribution in [0.25, 0.3) is 22.2 Å². The zero-order valence-electron chi connectivity index (χ0n) is 16.5. The molecule has 0 unspecified atom stereocenters. The first-order chi connectivity index (χ1) is 14.1. The van der Waals surface area contributed by atoms with Crippen LogP contribution in [-0.4, -0.2) is 17.5 Å². The number of benzene rings is 3. The minimum absolute atomic E-state index is 0.194. The zero-order valence-corrected chi connectivity index (χ0v) is 16.5. The lowest BCUT2D eigenvalue weighted by Gasteiger charge is -2.11. The first kappa shape index (κ1) is 18.7. The molecular weight excluding hydrogens is 360 g/mol. The Bertz CT molecular complexity index is 1170. The molecule has 4 heteroatoms. The number of para-hydroxylation sites is 1. The summed E-state index contributed by atoms with van der Waals surface area (Å²) in [4.78, 5) is 17.4. The second-order valence-electron chi connectivity index (χ2n) is 6.85. The Labute approximate surface area is 170 Å². The summed E-state index contributed by atoms with van der Waals surface area (Å²) in [6, 6.07) is 25.3. The van der Waals surface area contributed by atoms with Gasteiger partial charge < -0.3 is 10.1 Å². The number of carbonyl (C=O) groups excluding carboxylic acids is 1. The number of carbonyl (C=O) groups is 1. The van der Waals surface area contributed by atoms with Crippen LogP contribution in [0, 0.1) is 6.92 Å². The van der Waals surface area contributed by atoms with Crippen LogP contribution in [0.2, 0.25) is 0 Å². The summed E-state index contributed by atoms with van der Waals surface area (Å²) in [6.45, 7) is 4.49. The Morgan fingerprint density at radius 2 is 1.76 bits per heavy atom. The lowest BCUT2D eigenvalue weighted by Crippen LogP contribution is -2.13. The fourth-order valence-electron chi connectivity index (χ4n) is 3.26. The molecule has 0 aliphatic carbocycles. The molecule has 1 heterocycles. The van der Waals surface area contributed by atoms with Gasteiger partial charge in [0.1, 0.15) is 5.75 Å². The Morgan fingerprint density at radius 3 is 2.55 bits per heavy atom. The molecule has 0 radical (unpaired) electrons. The smallest absolute Gasteiger partial charge is 0.259 e. The van der Waals surface area contributed by atoms with Crippen LogP contribution in [0.5, 0.6) is 5.75 Å². The van der Waals surface area contributed by atoms with E-state index in [4.69, 9.17) is 9.72 Å². The Morgan fingerprint density at radius 1 is 0.966 bits per heavy atom. The number of nitrogens with one attached hydrogen (secondary N) is 1. The van der Waals surface area contributed by atoms with Gasteiger partial charge in [-0.3, -0.25) is 4.79 Å². The van der Waals surface area contributed by atoms with Crippen molar-refractivity contribution in [1.82, 2.24) is 4.98 Å². The molecule has 4 aromatic rings. The number of pyridine rings is 1. The molecule has 0 aliphatic heterocycles. The monoisotopic (exact) mass is 382 g/mol. The van der Waals surface area contributed by atoms with Crippen LogP contribution in [0.3, 0.4) is 0 Å². The van der Waals surface area contributed by atoms with Crippen molar-refractivity contribution in [2.24, 2.45) is 0 Å². The van der Waals surface area contributed by atoms with Gasteiger partial charge in [-0.2, -0.15) is 0 Å². The summed E-state index contributed by atoms with van der Waals surface area (Å²) in [6.07, 6.45) is 0. The standard InChI is InChI=1S/C25H22N2O2/c1-3-29-24-7-5-4-6-21(24)25(28)26-20-12-9-18(10-13-20)22-15-11-19-16-17(2)8-14-23(19)27-22/h4-16H,3H2,1-2H3,(H,26,28). The predicted octanol–water partition coefficient (Wildman–Crippen LogP) is 5.86. The number of aromatic nitrogens is 1. The topological polar surface area (TPSA) is 51.2 Å². The highest BCUT2D eigenvalue weighted by Gasteiger charge is 2.12. The molecule has 0 spiro atoms. The molecule has 3 aromatic carbocycles. The van der Waals surface area contributed by atoms with Crippen molar-refractivity contribution in [3.8, 4) is 17.0 Å². The summed E-state index contributed by atoms with van der Waals surface area (Å²) in [5.74, 6) is 0.390. The quantitative estimate of drug-likeness (QED) is 0.470. The number of hydrogen-bond acceptors (Lipinski definition) is 3. The van der Waals surface area contributed by atoms with E-state index in [1.54, 1.807) is 12.1 Å². The van der Waals surface area contributed by atoms with Crippen molar-refractivity contribution in [3.05, 3.63) is 90.0 Å². The van der Waals surface area contributed by atoms with Gasteiger partial charge in [-0.25, -0.2) is 4.98 Å². The van der Waals surface area contributed by atoms with Crippen LogP contribution in [-0.2, 0) is 0 Å². The van der Waals surface area contributed by atoms with Gasteiger partial charge in [0.05, 0.1) is 23.4 Å². The summed E-state index contributed by atoms with van der Waals surface area (Å²) in [5, 5.41) is 4.06. The Balaban J connectivity index is 1.54. The van der Waals surface area contributed by atoms with Crippen molar-refractivity contribution >= 4 is 22.5 Å². The van der Waals surface area contributed by atoms with Gasteiger partial charge in [-0.05, 0) is 56.3 Å². The number of rotatable bonds is 5. The fraction of sp³-hybridized carbons (Fsp3) is 0.120. The van der Waals surface area contributed by atoms with E-state index in [-0.39, 0.29) is 5.91 Å². The van der Waals surface area contributed by atoms with E-state index in [1.807, 2.05) is 55.5 Å². The number of nitrogens with zero attached hydrogens (tertiary/aromatic N) is 1. The van der Waals surface area contributed by atoms with Crippen LogP contribution >= 0.6 is 0 Å². The highest BCUT2D eigenvalue weighted by Crippen LogP contribution is 2.24. The van der Waals surface area contributed by atoms with Gasteiger partial charge in [-0.15, -0.1) is 0 Å². The number of aryl methyl sites for hydroxylation is 1. The highest BCUT2D eigenvalue weighted by atomic mass is 16.5. The van der Waals surface area contributed by atoms with Gasteiger partial charge in [0.2, 0.25) is 0 Å². The maximum atomic E-state index is 12.6. The zero-order chi connectivity index (χ0) is 20.2. The third kappa shape index (κ3) is 4.11. The fourth-order valence-corrected chi connectivity index (χ4v) is 3.26. The van der Waals surface area contributed by atoms with Gasteiger partial charge in [0, 0.05) is 16.6 Å². The Kier molecular flexibility index (Phi) is 5.25. The van der Waals surface area contributed by atoms with E-state index < -0.39 is 0 Å². The molecule has 29 heavy (non-hydrogen) atoms. The van der Waals surface area contributed by atoms with Crippen molar-refractivity contribution in [2.75, 3.05) is 11.9 Å². The van der Waals surface area contributed by atoms with Crippen LogP contribution in [0.15, 0.2) is 78.9 Å².